The van der Waals surface area contributed by atoms with E-state index in [-0.39, 0.29) is 0 Å². The molecular weight excluding hydrogens is 354 g/mol. The Kier molecular flexibility index (Phi) is 4.14. The Morgan fingerprint density at radius 1 is 1.29 bits per heavy atom. The first-order valence-corrected chi connectivity index (χ1v) is 7.65. The highest BCUT2D eigenvalue weighted by Crippen LogP contribution is 2.33. The van der Waals surface area contributed by atoms with E-state index in [4.69, 9.17) is 22.1 Å². The average molecular weight is 367 g/mol. The number of imidazole rings is 1. The van der Waals surface area contributed by atoms with E-state index in [1.54, 1.807) is 6.07 Å². The first kappa shape index (κ1) is 14.4. The number of aromatic nitrogens is 2. The third-order valence-electron chi connectivity index (χ3n) is 3.07. The second-order valence-electron chi connectivity index (χ2n) is 4.51. The highest BCUT2D eigenvalue weighted by Gasteiger charge is 2.15. The number of benzene rings is 1. The van der Waals surface area contributed by atoms with Crippen molar-refractivity contribution < 1.29 is 4.74 Å². The van der Waals surface area contributed by atoms with Crippen LogP contribution in [-0.2, 0) is 6.42 Å². The highest BCUT2D eigenvalue weighted by molar-refractivity contribution is 9.10. The van der Waals surface area contributed by atoms with Crippen LogP contribution in [-0.4, -0.2) is 15.9 Å². The van der Waals surface area contributed by atoms with Gasteiger partial charge in [0.25, 0.3) is 0 Å². The summed E-state index contributed by atoms with van der Waals surface area (Å²) in [6.07, 6.45) is 2.62. The van der Waals surface area contributed by atoms with Crippen molar-refractivity contribution in [3.63, 3.8) is 0 Å². The van der Waals surface area contributed by atoms with Gasteiger partial charge in [-0.3, -0.25) is 0 Å². The molecule has 0 bridgehead atoms. The molecule has 2 aromatic heterocycles. The molecule has 0 atom stereocenters. The van der Waals surface area contributed by atoms with Gasteiger partial charge in [0.1, 0.15) is 11.4 Å². The number of fused-ring (bicyclic) bond motifs is 1. The van der Waals surface area contributed by atoms with Crippen LogP contribution in [0.5, 0.6) is 11.6 Å². The van der Waals surface area contributed by atoms with Crippen LogP contribution in [0.25, 0.3) is 5.65 Å². The van der Waals surface area contributed by atoms with Crippen LogP contribution in [0, 0.1) is 0 Å². The number of nitrogens with zero attached hydrogens (tertiary/aromatic N) is 2. The summed E-state index contributed by atoms with van der Waals surface area (Å²) >= 11 is 9.58. The van der Waals surface area contributed by atoms with Crippen molar-refractivity contribution in [3.05, 3.63) is 57.8 Å². The quantitative estimate of drug-likeness (QED) is 0.758. The maximum Gasteiger partial charge on any atom is 0.241 e. The van der Waals surface area contributed by atoms with Gasteiger partial charge in [0.2, 0.25) is 5.88 Å². The topological polar surface area (TPSA) is 52.5 Å². The van der Waals surface area contributed by atoms with Gasteiger partial charge in [0.05, 0.1) is 10.7 Å². The van der Waals surface area contributed by atoms with Crippen molar-refractivity contribution in [3.8, 4) is 11.6 Å². The molecule has 0 fully saturated rings. The maximum atomic E-state index is 6.17. The molecular formula is C15H13BrClN3O. The molecule has 2 N–H and O–H groups in total. The summed E-state index contributed by atoms with van der Waals surface area (Å²) in [5.41, 5.74) is 7.45. The van der Waals surface area contributed by atoms with Crippen LogP contribution in [0.3, 0.4) is 0 Å². The van der Waals surface area contributed by atoms with E-state index < -0.39 is 0 Å². The van der Waals surface area contributed by atoms with Gasteiger partial charge in [0.15, 0.2) is 0 Å². The van der Waals surface area contributed by atoms with Crippen LogP contribution >= 0.6 is 27.5 Å². The summed E-state index contributed by atoms with van der Waals surface area (Å²) in [6, 6.07) is 11.3. The van der Waals surface area contributed by atoms with Gasteiger partial charge < -0.3 is 14.9 Å². The van der Waals surface area contributed by atoms with Gasteiger partial charge in [-0.2, -0.15) is 4.98 Å². The monoisotopic (exact) mass is 365 g/mol. The summed E-state index contributed by atoms with van der Waals surface area (Å²) < 4.78 is 8.78. The van der Waals surface area contributed by atoms with Crippen molar-refractivity contribution in [1.82, 2.24) is 9.38 Å². The second kappa shape index (κ2) is 6.05. The van der Waals surface area contributed by atoms with Gasteiger partial charge in [-0.15, -0.1) is 0 Å². The van der Waals surface area contributed by atoms with E-state index in [1.165, 1.54) is 0 Å². The lowest BCUT2D eigenvalue weighted by molar-refractivity contribution is 0.459. The van der Waals surface area contributed by atoms with Gasteiger partial charge >= 0.3 is 0 Å². The fraction of sp³-hybridized carbons (Fsp3) is 0.133. The molecule has 0 saturated carbocycles. The lowest BCUT2D eigenvalue weighted by Crippen LogP contribution is -2.06. The number of rotatable bonds is 4. The molecule has 3 rings (SSSR count). The zero-order chi connectivity index (χ0) is 14.8. The van der Waals surface area contributed by atoms with E-state index >= 15 is 0 Å². The maximum absolute atomic E-state index is 6.17. The predicted molar refractivity (Wildman–Crippen MR) is 87.2 cm³/mol. The second-order valence-corrected chi connectivity index (χ2v) is 5.83. The van der Waals surface area contributed by atoms with E-state index in [1.807, 2.05) is 40.9 Å². The van der Waals surface area contributed by atoms with Crippen molar-refractivity contribution in [2.75, 3.05) is 6.54 Å². The first-order chi connectivity index (χ1) is 10.2. The third kappa shape index (κ3) is 2.90. The van der Waals surface area contributed by atoms with E-state index in [0.29, 0.717) is 29.6 Å². The third-order valence-corrected chi connectivity index (χ3v) is 3.88. The zero-order valence-electron chi connectivity index (χ0n) is 11.1. The Hall–Kier alpha value is -1.56. The lowest BCUT2D eigenvalue weighted by atomic mass is 10.3. The summed E-state index contributed by atoms with van der Waals surface area (Å²) in [6.45, 7) is 0.519. The summed E-state index contributed by atoms with van der Waals surface area (Å²) in [5, 5.41) is 0.536. The molecule has 0 radical (unpaired) electrons. The number of pyridine rings is 1. The molecule has 0 aliphatic heterocycles. The molecule has 6 heteroatoms. The van der Waals surface area contributed by atoms with Crippen LogP contribution in [0.4, 0.5) is 0 Å². The van der Waals surface area contributed by atoms with Crippen LogP contribution in [0.2, 0.25) is 5.02 Å². The van der Waals surface area contributed by atoms with Crippen molar-refractivity contribution in [1.29, 1.82) is 0 Å². The van der Waals surface area contributed by atoms with Crippen molar-refractivity contribution in [2.45, 2.75) is 6.42 Å². The highest BCUT2D eigenvalue weighted by atomic mass is 79.9. The summed E-state index contributed by atoms with van der Waals surface area (Å²) in [7, 11) is 0. The Morgan fingerprint density at radius 2 is 2.14 bits per heavy atom. The van der Waals surface area contributed by atoms with E-state index in [9.17, 15) is 0 Å². The van der Waals surface area contributed by atoms with Crippen LogP contribution in [0.15, 0.2) is 47.1 Å². The standard InChI is InChI=1S/C15H13BrClN3O/c16-10-4-5-11(17)13(9-10)21-15-12(6-7-18)20-8-2-1-3-14(20)19-15/h1-5,8-9H,6-7,18H2. The van der Waals surface area contributed by atoms with Gasteiger partial charge in [-0.25, -0.2) is 0 Å². The molecule has 0 aliphatic rings. The predicted octanol–water partition coefficient (Wildman–Crippen LogP) is 4.04. The van der Waals surface area contributed by atoms with Crippen molar-refractivity contribution in [2.24, 2.45) is 5.73 Å². The number of hydrogen-bond acceptors (Lipinski definition) is 3. The molecule has 21 heavy (non-hydrogen) atoms. The zero-order valence-corrected chi connectivity index (χ0v) is 13.4. The molecule has 4 nitrogen and oxygen atoms in total. The molecule has 0 unspecified atom stereocenters. The average Bonchev–Trinajstić information content (AvgIpc) is 2.81. The minimum atomic E-state index is 0.519. The molecule has 0 amide bonds. The Labute approximate surface area is 135 Å². The van der Waals surface area contributed by atoms with Crippen LogP contribution < -0.4 is 10.5 Å². The van der Waals surface area contributed by atoms with Crippen LogP contribution in [0.1, 0.15) is 5.69 Å². The summed E-state index contributed by atoms with van der Waals surface area (Å²) in [4.78, 5) is 4.51. The summed E-state index contributed by atoms with van der Waals surface area (Å²) in [5.74, 6) is 1.10. The smallest absolute Gasteiger partial charge is 0.241 e. The molecule has 0 aliphatic carbocycles. The molecule has 3 aromatic rings. The van der Waals surface area contributed by atoms with E-state index in [0.717, 1.165) is 15.8 Å². The van der Waals surface area contributed by atoms with Gasteiger partial charge in [-0.1, -0.05) is 33.6 Å². The molecule has 108 valence electrons. The Bertz CT molecular complexity index is 788. The first-order valence-electron chi connectivity index (χ1n) is 6.48. The molecule has 1 aromatic carbocycles. The molecule has 2 heterocycles. The number of halogens is 2. The Balaban J connectivity index is 2.07. The molecule has 0 spiro atoms. The Morgan fingerprint density at radius 3 is 2.95 bits per heavy atom. The van der Waals surface area contributed by atoms with Gasteiger partial charge in [-0.05, 0) is 36.9 Å². The molecule has 0 saturated heterocycles. The number of nitrogens with two attached hydrogens (primary N) is 1. The lowest BCUT2D eigenvalue weighted by Gasteiger charge is -2.07. The minimum Gasteiger partial charge on any atom is -0.436 e. The normalized spacial score (nSPS) is 11.0. The van der Waals surface area contributed by atoms with Gasteiger partial charge in [0, 0.05) is 17.1 Å². The fourth-order valence-electron chi connectivity index (χ4n) is 2.13. The number of ether oxygens (including phenoxy) is 1. The fourth-order valence-corrected chi connectivity index (χ4v) is 2.63. The number of hydrogen-bond donors (Lipinski definition) is 1. The van der Waals surface area contributed by atoms with Crippen molar-refractivity contribution >= 4 is 33.2 Å². The largest absolute Gasteiger partial charge is 0.436 e. The minimum absolute atomic E-state index is 0.519. The SMILES string of the molecule is NCCc1c(Oc2cc(Br)ccc2Cl)nc2ccccn12. The van der Waals surface area contributed by atoms with E-state index in [2.05, 4.69) is 20.9 Å².